The van der Waals surface area contributed by atoms with Gasteiger partial charge in [-0.1, -0.05) is 6.07 Å². The first-order valence-corrected chi connectivity index (χ1v) is 10.7. The molecule has 3 rings (SSSR count). The highest BCUT2D eigenvalue weighted by atomic mass is 32.2. The van der Waals surface area contributed by atoms with Gasteiger partial charge in [0.25, 0.3) is 11.8 Å². The van der Waals surface area contributed by atoms with Crippen LogP contribution in [0, 0.1) is 0 Å². The molecule has 2 aromatic carbocycles. The lowest BCUT2D eigenvalue weighted by atomic mass is 10.1. The van der Waals surface area contributed by atoms with Crippen LogP contribution in [0.2, 0.25) is 0 Å². The molecule has 1 aliphatic heterocycles. The molecule has 148 valence electrons. The number of benzene rings is 2. The van der Waals surface area contributed by atoms with E-state index < -0.39 is 10.0 Å². The Morgan fingerprint density at radius 3 is 2.32 bits per heavy atom. The molecule has 1 saturated heterocycles. The van der Waals surface area contributed by atoms with Crippen molar-refractivity contribution < 1.29 is 18.0 Å². The van der Waals surface area contributed by atoms with E-state index in [-0.39, 0.29) is 23.6 Å². The van der Waals surface area contributed by atoms with Gasteiger partial charge in [-0.05, 0) is 62.7 Å². The third kappa shape index (κ3) is 4.51. The molecule has 28 heavy (non-hydrogen) atoms. The van der Waals surface area contributed by atoms with Gasteiger partial charge < -0.3 is 10.6 Å². The summed E-state index contributed by atoms with van der Waals surface area (Å²) < 4.78 is 25.5. The van der Waals surface area contributed by atoms with Crippen molar-refractivity contribution in [3.05, 3.63) is 59.7 Å². The van der Waals surface area contributed by atoms with E-state index in [1.165, 1.54) is 4.31 Å². The van der Waals surface area contributed by atoms with Gasteiger partial charge in [0.05, 0.1) is 11.4 Å². The Bertz CT molecular complexity index is 985. The molecule has 0 bridgehead atoms. The van der Waals surface area contributed by atoms with Gasteiger partial charge >= 0.3 is 0 Å². The van der Waals surface area contributed by atoms with Crippen LogP contribution in [-0.2, 0) is 10.0 Å². The lowest BCUT2D eigenvalue weighted by Gasteiger charge is -2.17. The zero-order valence-electron chi connectivity index (χ0n) is 15.8. The van der Waals surface area contributed by atoms with Crippen molar-refractivity contribution in [2.75, 3.05) is 21.9 Å². The van der Waals surface area contributed by atoms with E-state index in [1.807, 2.05) is 13.8 Å². The molecule has 0 aromatic heterocycles. The number of rotatable bonds is 5. The molecule has 0 spiro atoms. The molecule has 0 atom stereocenters. The summed E-state index contributed by atoms with van der Waals surface area (Å²) in [6.07, 6.45) is 0.579. The van der Waals surface area contributed by atoms with Crippen LogP contribution >= 0.6 is 0 Å². The monoisotopic (exact) mass is 401 g/mol. The fourth-order valence-electron chi connectivity index (χ4n) is 2.99. The molecule has 7 nitrogen and oxygen atoms in total. The number of carbonyl (C=O) groups is 2. The second-order valence-corrected chi connectivity index (χ2v) is 8.96. The number of nitrogens with zero attached hydrogens (tertiary/aromatic N) is 1. The second kappa shape index (κ2) is 8.02. The van der Waals surface area contributed by atoms with Gasteiger partial charge in [0.1, 0.15) is 0 Å². The normalized spacial score (nSPS) is 15.5. The van der Waals surface area contributed by atoms with Crippen molar-refractivity contribution >= 4 is 33.2 Å². The van der Waals surface area contributed by atoms with Gasteiger partial charge in [0, 0.05) is 29.4 Å². The molecule has 0 unspecified atom stereocenters. The van der Waals surface area contributed by atoms with E-state index in [0.29, 0.717) is 35.5 Å². The smallest absolute Gasteiger partial charge is 0.255 e. The summed E-state index contributed by atoms with van der Waals surface area (Å²) in [5.41, 5.74) is 1.91. The third-order valence-corrected chi connectivity index (χ3v) is 6.19. The lowest BCUT2D eigenvalue weighted by Crippen LogP contribution is -2.30. The Hall–Kier alpha value is -2.87. The van der Waals surface area contributed by atoms with Crippen LogP contribution < -0.4 is 14.9 Å². The number of nitrogens with one attached hydrogen (secondary N) is 2. The quantitative estimate of drug-likeness (QED) is 0.805. The Morgan fingerprint density at radius 2 is 1.71 bits per heavy atom. The molecule has 2 N–H and O–H groups in total. The van der Waals surface area contributed by atoms with Crippen LogP contribution in [0.3, 0.4) is 0 Å². The Morgan fingerprint density at radius 1 is 1.00 bits per heavy atom. The Kier molecular flexibility index (Phi) is 5.69. The molecule has 2 amide bonds. The highest BCUT2D eigenvalue weighted by Crippen LogP contribution is 2.25. The van der Waals surface area contributed by atoms with Crippen molar-refractivity contribution in [3.63, 3.8) is 0 Å². The van der Waals surface area contributed by atoms with Crippen molar-refractivity contribution in [1.29, 1.82) is 0 Å². The predicted octanol–water partition coefficient (Wildman–Crippen LogP) is 2.62. The van der Waals surface area contributed by atoms with E-state index in [9.17, 15) is 18.0 Å². The van der Waals surface area contributed by atoms with E-state index in [2.05, 4.69) is 10.6 Å². The predicted molar refractivity (Wildman–Crippen MR) is 109 cm³/mol. The minimum atomic E-state index is -3.30. The van der Waals surface area contributed by atoms with Crippen LogP contribution in [0.5, 0.6) is 0 Å². The van der Waals surface area contributed by atoms with Crippen molar-refractivity contribution in [2.45, 2.75) is 26.3 Å². The first-order chi connectivity index (χ1) is 13.3. The number of hydrogen-bond donors (Lipinski definition) is 2. The van der Waals surface area contributed by atoms with E-state index in [4.69, 9.17) is 0 Å². The lowest BCUT2D eigenvalue weighted by molar-refractivity contribution is 0.0942. The molecule has 1 fully saturated rings. The standard InChI is InChI=1S/C20H23N3O4S/c1-14(2)21-19(24)15-7-9-17(10-8-15)22-20(25)16-5-3-6-18(13-16)23-11-4-12-28(23,26)27/h3,5-10,13-14H,4,11-12H2,1-2H3,(H,21,24)(H,22,25). The third-order valence-electron chi connectivity index (χ3n) is 4.32. The van der Waals surface area contributed by atoms with Crippen molar-refractivity contribution in [2.24, 2.45) is 0 Å². The van der Waals surface area contributed by atoms with Gasteiger partial charge in [-0.3, -0.25) is 13.9 Å². The van der Waals surface area contributed by atoms with Gasteiger partial charge in [-0.15, -0.1) is 0 Å². The summed E-state index contributed by atoms with van der Waals surface area (Å²) in [7, 11) is -3.30. The fourth-order valence-corrected chi connectivity index (χ4v) is 4.54. The minimum Gasteiger partial charge on any atom is -0.350 e. The van der Waals surface area contributed by atoms with Gasteiger partial charge in [-0.2, -0.15) is 0 Å². The highest BCUT2D eigenvalue weighted by Gasteiger charge is 2.28. The summed E-state index contributed by atoms with van der Waals surface area (Å²) in [5.74, 6) is -0.398. The molecule has 8 heteroatoms. The minimum absolute atomic E-state index is 0.0403. The van der Waals surface area contributed by atoms with Gasteiger partial charge in [-0.25, -0.2) is 8.42 Å². The SMILES string of the molecule is CC(C)NC(=O)c1ccc(NC(=O)c2cccc(N3CCCS3(=O)=O)c2)cc1. The number of hydrogen-bond acceptors (Lipinski definition) is 4. The molecular formula is C20H23N3O4S. The topological polar surface area (TPSA) is 95.6 Å². The zero-order valence-corrected chi connectivity index (χ0v) is 16.6. The largest absolute Gasteiger partial charge is 0.350 e. The molecule has 1 heterocycles. The first-order valence-electron chi connectivity index (χ1n) is 9.09. The molecule has 0 saturated carbocycles. The Balaban J connectivity index is 1.71. The number of anilines is 2. The average Bonchev–Trinajstić information content (AvgIpc) is 3.01. The molecule has 0 radical (unpaired) electrons. The van der Waals surface area contributed by atoms with Crippen LogP contribution in [0.15, 0.2) is 48.5 Å². The average molecular weight is 401 g/mol. The van der Waals surface area contributed by atoms with Crippen LogP contribution in [0.25, 0.3) is 0 Å². The maximum atomic E-state index is 12.5. The van der Waals surface area contributed by atoms with Crippen molar-refractivity contribution in [1.82, 2.24) is 5.32 Å². The second-order valence-electron chi connectivity index (χ2n) is 6.95. The fraction of sp³-hybridized carbons (Fsp3) is 0.300. The van der Waals surface area contributed by atoms with Gasteiger partial charge in [0.2, 0.25) is 10.0 Å². The van der Waals surface area contributed by atoms with Crippen LogP contribution in [-0.4, -0.2) is 38.6 Å². The Labute approximate surface area is 164 Å². The summed E-state index contributed by atoms with van der Waals surface area (Å²) >= 11 is 0. The molecule has 0 aliphatic carbocycles. The van der Waals surface area contributed by atoms with E-state index in [0.717, 1.165) is 0 Å². The maximum absolute atomic E-state index is 12.5. The maximum Gasteiger partial charge on any atom is 0.255 e. The number of amides is 2. The summed E-state index contributed by atoms with van der Waals surface area (Å²) in [4.78, 5) is 24.5. The molecule has 1 aliphatic rings. The van der Waals surface area contributed by atoms with E-state index >= 15 is 0 Å². The summed E-state index contributed by atoms with van der Waals surface area (Å²) in [5, 5.41) is 5.57. The van der Waals surface area contributed by atoms with Crippen LogP contribution in [0.4, 0.5) is 11.4 Å². The summed E-state index contributed by atoms with van der Waals surface area (Å²) in [6, 6.07) is 13.2. The van der Waals surface area contributed by atoms with Gasteiger partial charge in [0.15, 0.2) is 0 Å². The van der Waals surface area contributed by atoms with E-state index in [1.54, 1.807) is 48.5 Å². The summed E-state index contributed by atoms with van der Waals surface area (Å²) in [6.45, 7) is 4.19. The van der Waals surface area contributed by atoms with Crippen LogP contribution in [0.1, 0.15) is 41.0 Å². The first kappa shape index (κ1) is 19.9. The molecular weight excluding hydrogens is 378 g/mol. The zero-order chi connectivity index (χ0) is 20.3. The molecule has 2 aromatic rings. The number of carbonyl (C=O) groups excluding carboxylic acids is 2. The number of sulfonamides is 1. The van der Waals surface area contributed by atoms with Crippen molar-refractivity contribution in [3.8, 4) is 0 Å². The highest BCUT2D eigenvalue weighted by molar-refractivity contribution is 7.93.